The zero-order valence-corrected chi connectivity index (χ0v) is 16.0. The highest BCUT2D eigenvalue weighted by atomic mass is 19.4. The minimum absolute atomic E-state index is 0.0225. The molecule has 0 spiro atoms. The molecule has 1 saturated heterocycles. The molecule has 14 heteroatoms. The van der Waals surface area contributed by atoms with Gasteiger partial charge in [0, 0.05) is 12.3 Å². The van der Waals surface area contributed by atoms with Gasteiger partial charge in [-0.2, -0.15) is 0 Å². The highest BCUT2D eigenvalue weighted by Crippen LogP contribution is 2.29. The minimum Gasteiger partial charge on any atom is -0.406 e. The lowest BCUT2D eigenvalue weighted by atomic mass is 10.1. The van der Waals surface area contributed by atoms with Gasteiger partial charge in [0.2, 0.25) is 0 Å². The van der Waals surface area contributed by atoms with E-state index in [0.29, 0.717) is 4.57 Å². The highest BCUT2D eigenvalue weighted by molar-refractivity contribution is 5.81. The Kier molecular flexibility index (Phi) is 5.54. The topological polar surface area (TPSA) is 149 Å². The molecule has 2 aromatic heterocycles. The van der Waals surface area contributed by atoms with Gasteiger partial charge in [-0.1, -0.05) is 5.16 Å². The molecule has 11 nitrogen and oxygen atoms in total. The van der Waals surface area contributed by atoms with Crippen LogP contribution in [0.5, 0.6) is 5.75 Å². The fraction of sp³-hybridized carbons (Fsp3) is 0.389. The number of aromatic nitrogens is 3. The van der Waals surface area contributed by atoms with E-state index in [1.54, 1.807) is 0 Å². The number of hydrogen-bond donors (Lipinski definition) is 3. The van der Waals surface area contributed by atoms with Crippen molar-refractivity contribution in [2.45, 2.75) is 37.4 Å². The van der Waals surface area contributed by atoms with Gasteiger partial charge >= 0.3 is 12.1 Å². The molecule has 3 aromatic rings. The maximum Gasteiger partial charge on any atom is 0.573 e. The van der Waals surface area contributed by atoms with Crippen LogP contribution >= 0.6 is 0 Å². The van der Waals surface area contributed by atoms with E-state index in [2.05, 4.69) is 9.89 Å². The SMILES string of the molecule is O=c1ccn([C@@H]2O[C@H](CO)C(O)[C@@H]2O)c(=O)n1Cc1noc2ccc(OC(F)(F)F)cc12. The smallest absolute Gasteiger partial charge is 0.406 e. The highest BCUT2D eigenvalue weighted by Gasteiger charge is 2.44. The summed E-state index contributed by atoms with van der Waals surface area (Å²) in [6.45, 7) is -1.09. The molecule has 32 heavy (non-hydrogen) atoms. The van der Waals surface area contributed by atoms with Gasteiger partial charge in [0.05, 0.1) is 18.5 Å². The zero-order valence-electron chi connectivity index (χ0n) is 16.0. The first-order valence-electron chi connectivity index (χ1n) is 9.17. The average molecular weight is 459 g/mol. The van der Waals surface area contributed by atoms with Crippen molar-refractivity contribution in [3.05, 3.63) is 57.0 Å². The van der Waals surface area contributed by atoms with Gasteiger partial charge in [-0.15, -0.1) is 13.2 Å². The van der Waals surface area contributed by atoms with Gasteiger partial charge in [-0.05, 0) is 18.2 Å². The van der Waals surface area contributed by atoms with Crippen molar-refractivity contribution in [2.24, 2.45) is 0 Å². The van der Waals surface area contributed by atoms with Crippen molar-refractivity contribution in [1.29, 1.82) is 0 Å². The molecule has 0 amide bonds. The van der Waals surface area contributed by atoms with Gasteiger partial charge in [0.25, 0.3) is 5.56 Å². The lowest BCUT2D eigenvalue weighted by Crippen LogP contribution is -2.43. The fourth-order valence-electron chi connectivity index (χ4n) is 3.41. The monoisotopic (exact) mass is 459 g/mol. The van der Waals surface area contributed by atoms with Gasteiger partial charge in [-0.25, -0.2) is 4.79 Å². The Morgan fingerprint density at radius 2 is 1.91 bits per heavy atom. The summed E-state index contributed by atoms with van der Waals surface area (Å²) < 4.78 is 53.3. The van der Waals surface area contributed by atoms with Crippen LogP contribution in [-0.2, 0) is 11.3 Å². The molecule has 1 aliphatic rings. The third kappa shape index (κ3) is 4.00. The lowest BCUT2D eigenvalue weighted by Gasteiger charge is -2.18. The summed E-state index contributed by atoms with van der Waals surface area (Å²) in [7, 11) is 0. The molecule has 3 N–H and O–H groups in total. The van der Waals surface area contributed by atoms with Crippen molar-refractivity contribution in [2.75, 3.05) is 6.61 Å². The molecule has 0 saturated carbocycles. The number of rotatable bonds is 5. The van der Waals surface area contributed by atoms with Gasteiger partial charge < -0.3 is 29.3 Å². The van der Waals surface area contributed by atoms with Crippen LogP contribution < -0.4 is 16.0 Å². The number of ether oxygens (including phenoxy) is 2. The normalized spacial score (nSPS) is 23.7. The van der Waals surface area contributed by atoms with Crippen LogP contribution in [0.2, 0.25) is 0 Å². The number of aliphatic hydroxyl groups is 3. The molecule has 0 aliphatic carbocycles. The van der Waals surface area contributed by atoms with Crippen molar-refractivity contribution < 1.29 is 42.5 Å². The Labute approximate surface area is 175 Å². The van der Waals surface area contributed by atoms with Gasteiger partial charge in [0.15, 0.2) is 11.8 Å². The number of alkyl halides is 3. The number of fused-ring (bicyclic) bond motifs is 1. The van der Waals surface area contributed by atoms with Crippen LogP contribution in [0, 0.1) is 0 Å². The summed E-state index contributed by atoms with van der Waals surface area (Å²) in [5, 5.41) is 33.1. The van der Waals surface area contributed by atoms with Crippen LogP contribution in [0.3, 0.4) is 0 Å². The minimum atomic E-state index is -4.92. The summed E-state index contributed by atoms with van der Waals surface area (Å²) in [5.41, 5.74) is -1.64. The van der Waals surface area contributed by atoms with Gasteiger partial charge in [-0.3, -0.25) is 13.9 Å². The average Bonchev–Trinajstić information content (AvgIpc) is 3.25. The van der Waals surface area contributed by atoms with Crippen molar-refractivity contribution in [3.63, 3.8) is 0 Å². The maximum absolute atomic E-state index is 12.9. The van der Waals surface area contributed by atoms with Crippen LogP contribution in [0.4, 0.5) is 13.2 Å². The van der Waals surface area contributed by atoms with Crippen LogP contribution in [0.15, 0.2) is 44.6 Å². The molecule has 1 fully saturated rings. The van der Waals surface area contributed by atoms with Crippen LogP contribution in [0.1, 0.15) is 11.9 Å². The van der Waals surface area contributed by atoms with E-state index in [0.717, 1.165) is 29.0 Å². The molecule has 1 aromatic carbocycles. The predicted octanol–water partition coefficient (Wildman–Crippen LogP) is -0.290. The maximum atomic E-state index is 12.9. The van der Waals surface area contributed by atoms with Crippen LogP contribution in [0.25, 0.3) is 11.0 Å². The summed E-state index contributed by atoms with van der Waals surface area (Å²) in [4.78, 5) is 25.2. The summed E-state index contributed by atoms with van der Waals surface area (Å²) in [6.07, 6.45) is -9.43. The second-order valence-corrected chi connectivity index (χ2v) is 6.99. The third-order valence-corrected chi connectivity index (χ3v) is 4.94. The van der Waals surface area contributed by atoms with E-state index >= 15 is 0 Å². The third-order valence-electron chi connectivity index (χ3n) is 4.94. The molecular formula is C18H16F3N3O8. The number of halogens is 3. The standard InChI is InChI=1S/C18H16F3N3O8/c19-18(20,21)31-8-1-2-11-9(5-8)10(22-32-11)6-24-13(26)3-4-23(17(24)29)16-15(28)14(27)12(7-25)30-16/h1-5,12,14-16,25,27-28H,6-7H2/t12-,14?,15+,16-/m1/s1. The van der Waals surface area contributed by atoms with E-state index in [-0.39, 0.29) is 16.7 Å². The van der Waals surface area contributed by atoms with E-state index < -0.39 is 61.1 Å². The van der Waals surface area contributed by atoms with E-state index in [4.69, 9.17) is 9.26 Å². The summed E-state index contributed by atoms with van der Waals surface area (Å²) in [5.74, 6) is -0.543. The van der Waals surface area contributed by atoms with E-state index in [9.17, 15) is 38.1 Å². The Morgan fingerprint density at radius 3 is 2.56 bits per heavy atom. The first-order valence-corrected chi connectivity index (χ1v) is 9.17. The summed E-state index contributed by atoms with van der Waals surface area (Å²) in [6, 6.07) is 4.22. The molecule has 3 heterocycles. The largest absolute Gasteiger partial charge is 0.573 e. The number of nitrogens with zero attached hydrogens (tertiary/aromatic N) is 3. The zero-order chi connectivity index (χ0) is 23.2. The van der Waals surface area contributed by atoms with E-state index in [1.807, 2.05) is 0 Å². The molecule has 4 atom stereocenters. The lowest BCUT2D eigenvalue weighted by molar-refractivity contribution is -0.274. The molecule has 0 bridgehead atoms. The van der Waals surface area contributed by atoms with Crippen molar-refractivity contribution >= 4 is 11.0 Å². The number of aliphatic hydroxyl groups excluding tert-OH is 3. The number of benzene rings is 1. The second kappa shape index (κ2) is 8.05. The predicted molar refractivity (Wildman–Crippen MR) is 97.8 cm³/mol. The Hall–Kier alpha value is -3.20. The Bertz CT molecular complexity index is 1250. The molecule has 1 unspecified atom stereocenters. The molecule has 0 radical (unpaired) electrons. The van der Waals surface area contributed by atoms with Crippen molar-refractivity contribution in [1.82, 2.24) is 14.3 Å². The molecular weight excluding hydrogens is 443 g/mol. The molecule has 4 rings (SSSR count). The molecule has 172 valence electrons. The second-order valence-electron chi connectivity index (χ2n) is 6.99. The first kappa shape index (κ1) is 22.0. The number of hydrogen-bond acceptors (Lipinski definition) is 9. The van der Waals surface area contributed by atoms with Crippen LogP contribution in [-0.4, -0.2) is 60.9 Å². The van der Waals surface area contributed by atoms with Gasteiger partial charge in [0.1, 0.15) is 29.8 Å². The van der Waals surface area contributed by atoms with Crippen molar-refractivity contribution in [3.8, 4) is 5.75 Å². The summed E-state index contributed by atoms with van der Waals surface area (Å²) >= 11 is 0. The first-order chi connectivity index (χ1) is 15.1. The Balaban J connectivity index is 1.71. The fourth-order valence-corrected chi connectivity index (χ4v) is 3.41. The molecule has 1 aliphatic heterocycles. The van der Waals surface area contributed by atoms with E-state index in [1.165, 1.54) is 6.07 Å². The Morgan fingerprint density at radius 1 is 1.16 bits per heavy atom. The quantitative estimate of drug-likeness (QED) is 0.468.